The highest BCUT2D eigenvalue weighted by Crippen LogP contribution is 2.36. The lowest BCUT2D eigenvalue weighted by molar-refractivity contribution is -0.115. The van der Waals surface area contributed by atoms with Crippen molar-refractivity contribution < 1.29 is 4.79 Å². The summed E-state index contributed by atoms with van der Waals surface area (Å²) < 4.78 is 0. The molecule has 0 saturated carbocycles. The molecule has 0 saturated heterocycles. The molecule has 6 heteroatoms. The average molecular weight is 498 g/mol. The SMILES string of the molecule is Cc1ccc(NC(=O)[C@@H](C)Sc2nc(-c3ccc(Cl)cc3)cc(-c3ccccc3)c2C#N)cc1C. The number of rotatable bonds is 6. The van der Waals surface area contributed by atoms with Gasteiger partial charge in [0, 0.05) is 21.8 Å². The molecule has 0 aliphatic heterocycles. The van der Waals surface area contributed by atoms with Crippen molar-refractivity contribution in [3.63, 3.8) is 0 Å². The largest absolute Gasteiger partial charge is 0.325 e. The third kappa shape index (κ3) is 5.74. The van der Waals surface area contributed by atoms with Crippen LogP contribution in [0.25, 0.3) is 22.4 Å². The second kappa shape index (κ2) is 10.8. The molecule has 174 valence electrons. The molecule has 4 rings (SSSR count). The van der Waals surface area contributed by atoms with E-state index in [0.29, 0.717) is 21.3 Å². The molecule has 4 aromatic rings. The van der Waals surface area contributed by atoms with Gasteiger partial charge in [0.05, 0.1) is 16.5 Å². The number of aromatic nitrogens is 1. The van der Waals surface area contributed by atoms with E-state index in [4.69, 9.17) is 16.6 Å². The summed E-state index contributed by atoms with van der Waals surface area (Å²) in [5.41, 5.74) is 6.76. The van der Waals surface area contributed by atoms with E-state index in [1.54, 1.807) is 0 Å². The maximum atomic E-state index is 13.0. The molecule has 0 bridgehead atoms. The van der Waals surface area contributed by atoms with Crippen molar-refractivity contribution >= 4 is 35.0 Å². The Kier molecular flexibility index (Phi) is 7.55. The standard InChI is InChI=1S/C29H24ClN3OS/c1-18-9-14-24(15-19(18)2)32-28(34)20(3)35-29-26(17-31)25(21-7-5-4-6-8-21)16-27(33-29)22-10-12-23(30)13-11-22/h4-16,20H,1-3H3,(H,32,34)/t20-/m1/s1. The number of halogens is 1. The first-order valence-corrected chi connectivity index (χ1v) is 12.4. The van der Waals surface area contributed by atoms with Crippen molar-refractivity contribution in [3.8, 4) is 28.5 Å². The number of nitriles is 1. The van der Waals surface area contributed by atoms with Gasteiger partial charge in [0.25, 0.3) is 0 Å². The van der Waals surface area contributed by atoms with E-state index in [-0.39, 0.29) is 5.91 Å². The summed E-state index contributed by atoms with van der Waals surface area (Å²) in [7, 11) is 0. The van der Waals surface area contributed by atoms with E-state index in [0.717, 1.165) is 27.9 Å². The summed E-state index contributed by atoms with van der Waals surface area (Å²) in [4.78, 5) is 17.8. The second-order valence-electron chi connectivity index (χ2n) is 8.27. The predicted molar refractivity (Wildman–Crippen MR) is 145 cm³/mol. The van der Waals surface area contributed by atoms with Crippen molar-refractivity contribution in [2.75, 3.05) is 5.32 Å². The van der Waals surface area contributed by atoms with Gasteiger partial charge in [0.1, 0.15) is 11.1 Å². The highest BCUT2D eigenvalue weighted by Gasteiger charge is 2.21. The van der Waals surface area contributed by atoms with E-state index < -0.39 is 5.25 Å². The lowest BCUT2D eigenvalue weighted by atomic mass is 9.99. The number of benzene rings is 3. The van der Waals surface area contributed by atoms with Gasteiger partial charge in [0.15, 0.2) is 0 Å². The van der Waals surface area contributed by atoms with Crippen LogP contribution in [0.5, 0.6) is 0 Å². The summed E-state index contributed by atoms with van der Waals surface area (Å²) in [5, 5.41) is 13.7. The number of amides is 1. The topological polar surface area (TPSA) is 65.8 Å². The van der Waals surface area contributed by atoms with Crippen molar-refractivity contribution in [2.45, 2.75) is 31.0 Å². The third-order valence-electron chi connectivity index (χ3n) is 5.75. The molecule has 1 heterocycles. The molecule has 3 aromatic carbocycles. The van der Waals surface area contributed by atoms with Gasteiger partial charge in [-0.2, -0.15) is 5.26 Å². The Morgan fingerprint density at radius 2 is 1.69 bits per heavy atom. The first-order valence-electron chi connectivity index (χ1n) is 11.2. The monoisotopic (exact) mass is 497 g/mol. The number of nitrogens with zero attached hydrogens (tertiary/aromatic N) is 2. The molecular weight excluding hydrogens is 474 g/mol. The maximum absolute atomic E-state index is 13.0. The lowest BCUT2D eigenvalue weighted by Gasteiger charge is -2.16. The van der Waals surface area contributed by atoms with Gasteiger partial charge < -0.3 is 5.32 Å². The molecule has 1 aromatic heterocycles. The van der Waals surface area contributed by atoms with Gasteiger partial charge in [0.2, 0.25) is 5.91 Å². The number of thioether (sulfide) groups is 1. The normalized spacial score (nSPS) is 11.5. The fourth-order valence-corrected chi connectivity index (χ4v) is 4.66. The quantitative estimate of drug-likeness (QED) is 0.277. The fraction of sp³-hybridized carbons (Fsp3) is 0.138. The molecule has 0 aliphatic carbocycles. The third-order valence-corrected chi connectivity index (χ3v) is 7.09. The molecule has 35 heavy (non-hydrogen) atoms. The first-order chi connectivity index (χ1) is 16.9. The summed E-state index contributed by atoms with van der Waals surface area (Å²) >= 11 is 7.36. The number of nitrogens with one attached hydrogen (secondary N) is 1. The van der Waals surface area contributed by atoms with Gasteiger partial charge in [-0.15, -0.1) is 0 Å². The molecule has 1 atom stereocenters. The van der Waals surface area contributed by atoms with Gasteiger partial charge in [-0.1, -0.05) is 71.9 Å². The van der Waals surface area contributed by atoms with E-state index in [9.17, 15) is 10.1 Å². The molecule has 4 nitrogen and oxygen atoms in total. The zero-order valence-electron chi connectivity index (χ0n) is 19.7. The van der Waals surface area contributed by atoms with Crippen LogP contribution in [-0.2, 0) is 4.79 Å². The number of hydrogen-bond acceptors (Lipinski definition) is 4. The van der Waals surface area contributed by atoms with Crippen LogP contribution in [0.1, 0.15) is 23.6 Å². The summed E-state index contributed by atoms with van der Waals surface area (Å²) in [6.07, 6.45) is 0. The first kappa shape index (κ1) is 24.5. The number of carbonyl (C=O) groups excluding carboxylic acids is 1. The van der Waals surface area contributed by atoms with Crippen LogP contribution in [0, 0.1) is 25.2 Å². The smallest absolute Gasteiger partial charge is 0.237 e. The van der Waals surface area contributed by atoms with Gasteiger partial charge in [-0.05, 0) is 67.8 Å². The summed E-state index contributed by atoms with van der Waals surface area (Å²) in [5.74, 6) is -0.151. The maximum Gasteiger partial charge on any atom is 0.237 e. The number of pyridine rings is 1. The van der Waals surface area contributed by atoms with Gasteiger partial charge >= 0.3 is 0 Å². The Bertz CT molecular complexity index is 1410. The highest BCUT2D eigenvalue weighted by molar-refractivity contribution is 8.00. The van der Waals surface area contributed by atoms with E-state index in [1.807, 2.05) is 99.6 Å². The Hall–Kier alpha value is -3.59. The Balaban J connectivity index is 1.71. The van der Waals surface area contributed by atoms with Crippen molar-refractivity contribution in [2.24, 2.45) is 0 Å². The van der Waals surface area contributed by atoms with Crippen LogP contribution in [0.15, 0.2) is 83.9 Å². The van der Waals surface area contributed by atoms with Crippen LogP contribution in [0.4, 0.5) is 5.69 Å². The summed E-state index contributed by atoms with van der Waals surface area (Å²) in [6.45, 7) is 5.87. The van der Waals surface area contributed by atoms with Crippen molar-refractivity contribution in [1.29, 1.82) is 5.26 Å². The zero-order chi connectivity index (χ0) is 24.9. The zero-order valence-corrected chi connectivity index (χ0v) is 21.2. The molecule has 1 N–H and O–H groups in total. The minimum Gasteiger partial charge on any atom is -0.325 e. The van der Waals surface area contributed by atoms with Crippen molar-refractivity contribution in [3.05, 3.63) is 101 Å². The number of aryl methyl sites for hydroxylation is 2. The molecular formula is C29H24ClN3OS. The average Bonchev–Trinajstić information content (AvgIpc) is 2.86. The fourth-order valence-electron chi connectivity index (χ4n) is 3.61. The highest BCUT2D eigenvalue weighted by atomic mass is 35.5. The summed E-state index contributed by atoms with van der Waals surface area (Å²) in [6, 6.07) is 27.2. The van der Waals surface area contributed by atoms with Gasteiger partial charge in [-0.25, -0.2) is 4.98 Å². The molecule has 0 radical (unpaired) electrons. The van der Waals surface area contributed by atoms with Crippen LogP contribution < -0.4 is 5.32 Å². The Morgan fingerprint density at radius 3 is 2.34 bits per heavy atom. The van der Waals surface area contributed by atoms with Crippen LogP contribution in [-0.4, -0.2) is 16.1 Å². The van der Waals surface area contributed by atoms with E-state index in [1.165, 1.54) is 17.3 Å². The van der Waals surface area contributed by atoms with Crippen LogP contribution in [0.2, 0.25) is 5.02 Å². The second-order valence-corrected chi connectivity index (χ2v) is 10.0. The number of anilines is 1. The Morgan fingerprint density at radius 1 is 0.971 bits per heavy atom. The molecule has 0 fully saturated rings. The lowest BCUT2D eigenvalue weighted by Crippen LogP contribution is -2.22. The van der Waals surface area contributed by atoms with E-state index in [2.05, 4.69) is 11.4 Å². The van der Waals surface area contributed by atoms with Crippen molar-refractivity contribution in [1.82, 2.24) is 4.98 Å². The molecule has 1 amide bonds. The number of carbonyl (C=O) groups is 1. The Labute approximate surface area is 215 Å². The molecule has 0 unspecified atom stereocenters. The predicted octanol–water partition coefficient (Wildman–Crippen LogP) is 7.68. The molecule has 0 spiro atoms. The van der Waals surface area contributed by atoms with Gasteiger partial charge in [-0.3, -0.25) is 4.79 Å². The van der Waals surface area contributed by atoms with Crippen LogP contribution in [0.3, 0.4) is 0 Å². The number of hydrogen-bond donors (Lipinski definition) is 1. The van der Waals surface area contributed by atoms with Crippen LogP contribution >= 0.6 is 23.4 Å². The molecule has 0 aliphatic rings. The minimum atomic E-state index is -0.472. The van der Waals surface area contributed by atoms with E-state index >= 15 is 0 Å². The minimum absolute atomic E-state index is 0.151.